The van der Waals surface area contributed by atoms with Crippen LogP contribution in [-0.4, -0.2) is 56.1 Å². The van der Waals surface area contributed by atoms with Crippen LogP contribution in [0.1, 0.15) is 31.9 Å². The van der Waals surface area contributed by atoms with Crippen LogP contribution in [0.25, 0.3) is 0 Å². The highest BCUT2D eigenvalue weighted by Gasteiger charge is 2.67. The second-order valence-electron chi connectivity index (χ2n) is 7.01. The first kappa shape index (κ1) is 20.1. The van der Waals surface area contributed by atoms with Crippen LogP contribution in [0.5, 0.6) is 11.5 Å². The molecular weight excluding hydrogens is 364 g/mol. The molecule has 4 atom stereocenters. The van der Waals surface area contributed by atoms with Crippen molar-refractivity contribution in [3.63, 3.8) is 0 Å². The first-order valence-electron chi connectivity index (χ1n) is 9.34. The Balaban J connectivity index is 2.15. The number of likely N-dealkylation sites (tertiary alicyclic amines) is 1. The molecule has 0 spiro atoms. The normalized spacial score (nSPS) is 29.0. The number of fused-ring (bicyclic) bond motifs is 1. The summed E-state index contributed by atoms with van der Waals surface area (Å²) in [5.41, 5.74) is -0.581. The largest absolute Gasteiger partial charge is 0.497 e. The SMILES string of the molecule is CCOC(=O)[C@]1(CC)N[C@H](c2ccc(OC)cc2OC)[C@@H]2C(=O)N(C)C(=O)[C@@H]21. The van der Waals surface area contributed by atoms with Crippen molar-refractivity contribution in [1.82, 2.24) is 10.2 Å². The van der Waals surface area contributed by atoms with Crippen LogP contribution in [0.4, 0.5) is 0 Å². The van der Waals surface area contributed by atoms with E-state index in [0.29, 0.717) is 23.5 Å². The van der Waals surface area contributed by atoms with Crippen molar-refractivity contribution in [3.8, 4) is 11.5 Å². The number of carbonyl (C=O) groups is 3. The van der Waals surface area contributed by atoms with Crippen LogP contribution in [0.15, 0.2) is 18.2 Å². The molecule has 0 radical (unpaired) electrons. The summed E-state index contributed by atoms with van der Waals surface area (Å²) in [7, 11) is 4.53. The highest BCUT2D eigenvalue weighted by atomic mass is 16.5. The molecule has 2 aliphatic rings. The second kappa shape index (κ2) is 7.43. The van der Waals surface area contributed by atoms with Crippen molar-refractivity contribution in [2.45, 2.75) is 31.8 Å². The lowest BCUT2D eigenvalue weighted by molar-refractivity contribution is -0.156. The van der Waals surface area contributed by atoms with E-state index in [9.17, 15) is 14.4 Å². The zero-order chi connectivity index (χ0) is 20.6. The van der Waals surface area contributed by atoms with E-state index in [1.807, 2.05) is 6.92 Å². The quantitative estimate of drug-likeness (QED) is 0.578. The van der Waals surface area contributed by atoms with Gasteiger partial charge in [-0.25, -0.2) is 0 Å². The van der Waals surface area contributed by atoms with Crippen molar-refractivity contribution in [3.05, 3.63) is 23.8 Å². The summed E-state index contributed by atoms with van der Waals surface area (Å²) in [5.74, 6) is -1.62. The molecule has 1 N–H and O–H groups in total. The zero-order valence-electron chi connectivity index (χ0n) is 16.8. The predicted octanol–water partition coefficient (Wildman–Crippen LogP) is 1.29. The van der Waals surface area contributed by atoms with Gasteiger partial charge >= 0.3 is 5.97 Å². The fourth-order valence-corrected chi connectivity index (χ4v) is 4.41. The third-order valence-electron chi connectivity index (χ3n) is 5.85. The van der Waals surface area contributed by atoms with Gasteiger partial charge in [0.15, 0.2) is 0 Å². The molecule has 2 saturated heterocycles. The molecule has 0 saturated carbocycles. The molecule has 0 aromatic heterocycles. The van der Waals surface area contributed by atoms with E-state index in [4.69, 9.17) is 14.2 Å². The standard InChI is InChI=1S/C20H26N2O6/c1-6-20(19(25)28-7-2)15-14(17(23)22(3)18(15)24)16(21-20)12-9-8-11(26-4)10-13(12)27-5/h8-10,14-16,21H,6-7H2,1-5H3/t14-,15-,16-,20-/m1/s1. The summed E-state index contributed by atoms with van der Waals surface area (Å²) in [5, 5.41) is 3.29. The third-order valence-corrected chi connectivity index (χ3v) is 5.85. The summed E-state index contributed by atoms with van der Waals surface area (Å²) in [6.07, 6.45) is 0.314. The first-order chi connectivity index (χ1) is 13.4. The van der Waals surface area contributed by atoms with Gasteiger partial charge in [-0.1, -0.05) is 13.0 Å². The van der Waals surface area contributed by atoms with E-state index in [-0.39, 0.29) is 18.4 Å². The van der Waals surface area contributed by atoms with Gasteiger partial charge in [0.25, 0.3) is 0 Å². The Kier molecular flexibility index (Phi) is 5.34. The van der Waals surface area contributed by atoms with Crippen molar-refractivity contribution < 1.29 is 28.6 Å². The van der Waals surface area contributed by atoms with E-state index in [2.05, 4.69) is 5.32 Å². The Bertz CT molecular complexity index is 810. The lowest BCUT2D eigenvalue weighted by Crippen LogP contribution is -2.55. The van der Waals surface area contributed by atoms with Gasteiger partial charge in [0.1, 0.15) is 17.0 Å². The fraction of sp³-hybridized carbons (Fsp3) is 0.550. The minimum absolute atomic E-state index is 0.189. The number of carbonyl (C=O) groups excluding carboxylic acids is 3. The molecule has 3 rings (SSSR count). The van der Waals surface area contributed by atoms with Crippen LogP contribution < -0.4 is 14.8 Å². The fourth-order valence-electron chi connectivity index (χ4n) is 4.41. The topological polar surface area (TPSA) is 94.2 Å². The summed E-state index contributed by atoms with van der Waals surface area (Å²) in [4.78, 5) is 39.9. The van der Waals surface area contributed by atoms with E-state index in [1.54, 1.807) is 32.2 Å². The van der Waals surface area contributed by atoms with Gasteiger partial charge in [0, 0.05) is 24.7 Å². The maximum atomic E-state index is 12.9. The van der Waals surface area contributed by atoms with Crippen LogP contribution in [0.2, 0.25) is 0 Å². The summed E-state index contributed by atoms with van der Waals surface area (Å²) >= 11 is 0. The van der Waals surface area contributed by atoms with Crippen molar-refractivity contribution in [2.75, 3.05) is 27.9 Å². The van der Waals surface area contributed by atoms with Gasteiger partial charge in [-0.15, -0.1) is 0 Å². The van der Waals surface area contributed by atoms with Crippen LogP contribution in [0.3, 0.4) is 0 Å². The number of benzene rings is 1. The predicted molar refractivity (Wildman–Crippen MR) is 99.8 cm³/mol. The summed E-state index contributed by atoms with van der Waals surface area (Å²) in [6.45, 7) is 3.71. The van der Waals surface area contributed by atoms with Gasteiger partial charge in [0.2, 0.25) is 11.8 Å². The maximum absolute atomic E-state index is 12.9. The van der Waals surface area contributed by atoms with Crippen molar-refractivity contribution in [1.29, 1.82) is 0 Å². The Labute approximate surface area is 164 Å². The Hall–Kier alpha value is -2.61. The molecule has 0 aliphatic carbocycles. The number of hydrogen-bond donors (Lipinski definition) is 1. The Morgan fingerprint density at radius 1 is 1.18 bits per heavy atom. The van der Waals surface area contributed by atoms with E-state index < -0.39 is 29.4 Å². The highest BCUT2D eigenvalue weighted by Crippen LogP contribution is 2.51. The van der Waals surface area contributed by atoms with E-state index in [1.165, 1.54) is 14.2 Å². The molecule has 2 aliphatic heterocycles. The van der Waals surface area contributed by atoms with E-state index in [0.717, 1.165) is 4.90 Å². The first-order valence-corrected chi connectivity index (χ1v) is 9.34. The smallest absolute Gasteiger partial charge is 0.327 e. The molecule has 1 aromatic rings. The summed E-state index contributed by atoms with van der Waals surface area (Å²) in [6, 6.07) is 4.69. The lowest BCUT2D eigenvalue weighted by atomic mass is 9.78. The van der Waals surface area contributed by atoms with Gasteiger partial charge in [0.05, 0.1) is 32.7 Å². The van der Waals surface area contributed by atoms with Gasteiger partial charge < -0.3 is 14.2 Å². The molecule has 2 heterocycles. The number of methoxy groups -OCH3 is 2. The molecule has 1 aromatic carbocycles. The number of rotatable bonds is 6. The molecule has 8 heteroatoms. The Morgan fingerprint density at radius 3 is 2.46 bits per heavy atom. The third kappa shape index (κ3) is 2.74. The number of nitrogens with zero attached hydrogens (tertiary/aromatic N) is 1. The molecule has 0 unspecified atom stereocenters. The molecule has 2 amide bonds. The van der Waals surface area contributed by atoms with Crippen LogP contribution >= 0.6 is 0 Å². The van der Waals surface area contributed by atoms with Crippen molar-refractivity contribution in [2.24, 2.45) is 11.8 Å². The molecular formula is C20H26N2O6. The van der Waals surface area contributed by atoms with Gasteiger partial charge in [-0.3, -0.25) is 24.6 Å². The molecule has 2 fully saturated rings. The summed E-state index contributed by atoms with van der Waals surface area (Å²) < 4.78 is 16.0. The average Bonchev–Trinajstić information content (AvgIpc) is 3.17. The van der Waals surface area contributed by atoms with Crippen LogP contribution in [-0.2, 0) is 19.1 Å². The Morgan fingerprint density at radius 2 is 1.89 bits per heavy atom. The molecule has 0 bridgehead atoms. The number of nitrogens with one attached hydrogen (secondary N) is 1. The van der Waals surface area contributed by atoms with Gasteiger partial charge in [-0.05, 0) is 19.4 Å². The number of ether oxygens (including phenoxy) is 3. The monoisotopic (exact) mass is 390 g/mol. The van der Waals surface area contributed by atoms with E-state index >= 15 is 0 Å². The maximum Gasteiger partial charge on any atom is 0.327 e. The number of amides is 2. The molecule has 28 heavy (non-hydrogen) atoms. The second-order valence-corrected chi connectivity index (χ2v) is 7.01. The number of imide groups is 1. The van der Waals surface area contributed by atoms with Gasteiger partial charge in [-0.2, -0.15) is 0 Å². The van der Waals surface area contributed by atoms with Crippen molar-refractivity contribution >= 4 is 17.8 Å². The molecule has 8 nitrogen and oxygen atoms in total. The molecule has 152 valence electrons. The highest BCUT2D eigenvalue weighted by molar-refractivity contribution is 6.09. The van der Waals surface area contributed by atoms with Crippen LogP contribution in [0, 0.1) is 11.8 Å². The zero-order valence-corrected chi connectivity index (χ0v) is 16.8. The minimum atomic E-state index is -1.27. The minimum Gasteiger partial charge on any atom is -0.497 e. The lowest BCUT2D eigenvalue weighted by Gasteiger charge is -2.31. The average molecular weight is 390 g/mol. The number of esters is 1. The number of hydrogen-bond acceptors (Lipinski definition) is 7.